The smallest absolute Gasteiger partial charge is 0.310 e. The van der Waals surface area contributed by atoms with E-state index in [1.165, 1.54) is 0 Å². The highest BCUT2D eigenvalue weighted by Gasteiger charge is 2.35. The van der Waals surface area contributed by atoms with Crippen LogP contribution in [0.4, 0.5) is 0 Å². The zero-order chi connectivity index (χ0) is 13.1. The number of aryl methyl sites for hydroxylation is 1. The maximum absolute atomic E-state index is 11.9. The highest BCUT2D eigenvalue weighted by Crippen LogP contribution is 2.31. The van der Waals surface area contributed by atoms with Gasteiger partial charge in [0.2, 0.25) is 0 Å². The second-order valence-corrected chi connectivity index (χ2v) is 5.04. The van der Waals surface area contributed by atoms with Crippen molar-refractivity contribution in [3.63, 3.8) is 0 Å². The van der Waals surface area contributed by atoms with E-state index in [0.29, 0.717) is 13.2 Å². The van der Waals surface area contributed by atoms with Crippen molar-refractivity contribution < 1.29 is 9.53 Å². The van der Waals surface area contributed by atoms with Gasteiger partial charge in [0.15, 0.2) is 0 Å². The predicted octanol–water partition coefficient (Wildman–Crippen LogP) is 2.51. The van der Waals surface area contributed by atoms with Crippen LogP contribution in [-0.4, -0.2) is 25.7 Å². The molecule has 3 nitrogen and oxygen atoms in total. The van der Waals surface area contributed by atoms with Crippen molar-refractivity contribution in [3.8, 4) is 0 Å². The van der Waals surface area contributed by atoms with Gasteiger partial charge in [0, 0.05) is 24.0 Å². The minimum Gasteiger partial charge on any atom is -0.466 e. The van der Waals surface area contributed by atoms with Gasteiger partial charge in [-0.25, -0.2) is 0 Å². The average molecular weight is 268 g/mol. The summed E-state index contributed by atoms with van der Waals surface area (Å²) in [5.41, 5.74) is 2.16. The van der Waals surface area contributed by atoms with Crippen molar-refractivity contribution in [2.24, 2.45) is 5.92 Å². The first-order valence-electron chi connectivity index (χ1n) is 6.27. The molecule has 1 aliphatic rings. The minimum absolute atomic E-state index is 0.108. The lowest BCUT2D eigenvalue weighted by Gasteiger charge is -2.18. The fourth-order valence-electron chi connectivity index (χ4n) is 2.37. The second kappa shape index (κ2) is 5.72. The predicted molar refractivity (Wildman–Crippen MR) is 71.9 cm³/mol. The van der Waals surface area contributed by atoms with E-state index in [1.807, 2.05) is 32.0 Å². The van der Waals surface area contributed by atoms with E-state index >= 15 is 0 Å². The minimum atomic E-state index is -0.121. The molecule has 0 bridgehead atoms. The first-order chi connectivity index (χ1) is 8.63. The Balaban J connectivity index is 2.20. The van der Waals surface area contributed by atoms with Crippen LogP contribution in [0.5, 0.6) is 0 Å². The summed E-state index contributed by atoms with van der Waals surface area (Å²) in [5.74, 6) is -0.0740. The van der Waals surface area contributed by atoms with E-state index in [9.17, 15) is 4.79 Å². The van der Waals surface area contributed by atoms with Gasteiger partial charge >= 0.3 is 5.97 Å². The van der Waals surface area contributed by atoms with E-state index in [4.69, 9.17) is 16.3 Å². The van der Waals surface area contributed by atoms with Crippen LogP contribution in [0.25, 0.3) is 0 Å². The summed E-state index contributed by atoms with van der Waals surface area (Å²) in [6, 6.07) is 6.00. The van der Waals surface area contributed by atoms with Gasteiger partial charge in [-0.05, 0) is 31.0 Å². The third-order valence-electron chi connectivity index (χ3n) is 3.43. The quantitative estimate of drug-likeness (QED) is 0.856. The molecule has 0 aromatic heterocycles. The Labute approximate surface area is 112 Å². The topological polar surface area (TPSA) is 38.3 Å². The fourth-order valence-corrected chi connectivity index (χ4v) is 2.55. The molecule has 1 aromatic rings. The molecule has 0 saturated carbocycles. The number of hydrogen-bond acceptors (Lipinski definition) is 3. The number of carbonyl (C=O) groups is 1. The first-order valence-corrected chi connectivity index (χ1v) is 6.64. The number of esters is 1. The molecule has 0 spiro atoms. The molecule has 18 heavy (non-hydrogen) atoms. The summed E-state index contributed by atoms with van der Waals surface area (Å²) >= 11 is 6.14. The number of nitrogens with one attached hydrogen (secondary N) is 1. The molecule has 1 fully saturated rings. The van der Waals surface area contributed by atoms with Gasteiger partial charge in [0.25, 0.3) is 0 Å². The van der Waals surface area contributed by atoms with Crippen molar-refractivity contribution >= 4 is 17.6 Å². The average Bonchev–Trinajstić information content (AvgIpc) is 2.82. The van der Waals surface area contributed by atoms with Crippen LogP contribution in [0.15, 0.2) is 18.2 Å². The van der Waals surface area contributed by atoms with Crippen LogP contribution >= 0.6 is 11.6 Å². The number of ether oxygens (including phenoxy) is 1. The van der Waals surface area contributed by atoms with E-state index in [1.54, 1.807) is 0 Å². The summed E-state index contributed by atoms with van der Waals surface area (Å²) < 4.78 is 5.12. The van der Waals surface area contributed by atoms with Gasteiger partial charge in [0.1, 0.15) is 0 Å². The lowest BCUT2D eigenvalue weighted by molar-refractivity contribution is -0.147. The summed E-state index contributed by atoms with van der Waals surface area (Å²) in [5, 5.41) is 4.00. The highest BCUT2D eigenvalue weighted by molar-refractivity contribution is 6.31. The van der Waals surface area contributed by atoms with Crippen LogP contribution in [0, 0.1) is 12.8 Å². The zero-order valence-corrected chi connectivity index (χ0v) is 11.5. The molecule has 98 valence electrons. The first kappa shape index (κ1) is 13.4. The van der Waals surface area contributed by atoms with Crippen LogP contribution < -0.4 is 5.32 Å². The van der Waals surface area contributed by atoms with Gasteiger partial charge in [-0.2, -0.15) is 0 Å². The normalized spacial score (nSPS) is 23.1. The van der Waals surface area contributed by atoms with Crippen molar-refractivity contribution in [2.45, 2.75) is 19.8 Å². The number of carbonyl (C=O) groups excluding carboxylic acids is 1. The van der Waals surface area contributed by atoms with Crippen LogP contribution in [0.1, 0.15) is 24.0 Å². The molecule has 1 aromatic carbocycles. The van der Waals surface area contributed by atoms with E-state index < -0.39 is 0 Å². The van der Waals surface area contributed by atoms with E-state index in [2.05, 4.69) is 5.32 Å². The van der Waals surface area contributed by atoms with Crippen LogP contribution in [0.2, 0.25) is 5.02 Å². The Morgan fingerprint density at radius 2 is 2.28 bits per heavy atom. The van der Waals surface area contributed by atoms with E-state index in [0.717, 1.165) is 22.7 Å². The zero-order valence-electron chi connectivity index (χ0n) is 10.7. The molecule has 0 unspecified atom stereocenters. The molecule has 2 rings (SSSR count). The van der Waals surface area contributed by atoms with Crippen molar-refractivity contribution in [3.05, 3.63) is 34.3 Å². The Morgan fingerprint density at radius 1 is 1.50 bits per heavy atom. The van der Waals surface area contributed by atoms with Crippen molar-refractivity contribution in [2.75, 3.05) is 19.7 Å². The number of benzene rings is 1. The highest BCUT2D eigenvalue weighted by atomic mass is 35.5. The second-order valence-electron chi connectivity index (χ2n) is 4.63. The SMILES string of the molecule is CCOC(=O)[C@@H]1CNC[C@H]1c1ccc(C)c(Cl)c1. The van der Waals surface area contributed by atoms with Gasteiger partial charge < -0.3 is 10.1 Å². The molecule has 4 heteroatoms. The molecule has 1 heterocycles. The summed E-state index contributed by atoms with van der Waals surface area (Å²) in [4.78, 5) is 11.9. The Hall–Kier alpha value is -1.06. The summed E-state index contributed by atoms with van der Waals surface area (Å²) in [6.45, 7) is 5.70. The fraction of sp³-hybridized carbons (Fsp3) is 0.500. The third kappa shape index (κ3) is 2.68. The molecule has 1 aliphatic heterocycles. The summed E-state index contributed by atoms with van der Waals surface area (Å²) in [7, 11) is 0. The molecule has 0 radical (unpaired) electrons. The molecule has 2 atom stereocenters. The maximum atomic E-state index is 11.9. The molecule has 1 N–H and O–H groups in total. The summed E-state index contributed by atoms with van der Waals surface area (Å²) in [6.07, 6.45) is 0. The van der Waals surface area contributed by atoms with Crippen LogP contribution in [-0.2, 0) is 9.53 Å². The monoisotopic (exact) mass is 267 g/mol. The van der Waals surface area contributed by atoms with Crippen molar-refractivity contribution in [1.82, 2.24) is 5.32 Å². The largest absolute Gasteiger partial charge is 0.466 e. The molecule has 0 aliphatic carbocycles. The van der Waals surface area contributed by atoms with Gasteiger partial charge in [-0.15, -0.1) is 0 Å². The van der Waals surface area contributed by atoms with Gasteiger partial charge in [-0.3, -0.25) is 4.79 Å². The number of rotatable bonds is 3. The van der Waals surface area contributed by atoms with Crippen LogP contribution in [0.3, 0.4) is 0 Å². The van der Waals surface area contributed by atoms with E-state index in [-0.39, 0.29) is 17.8 Å². The van der Waals surface area contributed by atoms with Gasteiger partial charge in [0.05, 0.1) is 12.5 Å². The molecular formula is C14H18ClNO2. The standard InChI is InChI=1S/C14H18ClNO2/c1-3-18-14(17)12-8-16-7-11(12)10-5-4-9(2)13(15)6-10/h4-6,11-12,16H,3,7-8H2,1-2H3/t11-,12+/m0/s1. The molecule has 0 amide bonds. The lowest BCUT2D eigenvalue weighted by Crippen LogP contribution is -2.24. The lowest BCUT2D eigenvalue weighted by atomic mass is 9.88. The third-order valence-corrected chi connectivity index (χ3v) is 3.83. The molecule has 1 saturated heterocycles. The Bertz CT molecular complexity index is 447. The Kier molecular flexibility index (Phi) is 4.25. The number of halogens is 1. The Morgan fingerprint density at radius 3 is 2.94 bits per heavy atom. The van der Waals surface area contributed by atoms with Gasteiger partial charge in [-0.1, -0.05) is 23.7 Å². The maximum Gasteiger partial charge on any atom is 0.310 e. The van der Waals surface area contributed by atoms with Crippen molar-refractivity contribution in [1.29, 1.82) is 0 Å². The number of hydrogen-bond donors (Lipinski definition) is 1. The molecular weight excluding hydrogens is 250 g/mol.